The first kappa shape index (κ1) is 69.5. The van der Waals surface area contributed by atoms with Crippen LogP contribution in [0.25, 0.3) is 10.6 Å². The second-order valence-corrected chi connectivity index (χ2v) is 30.0. The minimum Gasteiger partial charge on any atom is -0.656 e. The molecular weight excluding hydrogens is 858 g/mol. The number of nitrogens with zero attached hydrogens (tertiary/aromatic N) is 4. The van der Waals surface area contributed by atoms with Crippen LogP contribution in [0.2, 0.25) is 0 Å². The zero-order valence-corrected chi connectivity index (χ0v) is 43.5. The molecule has 0 saturated carbocycles. The Morgan fingerprint density at radius 1 is 0.464 bits per heavy atom. The van der Waals surface area contributed by atoms with Crippen LogP contribution in [0, 0.1) is 10.8 Å². The molecule has 2 aliphatic heterocycles. The summed E-state index contributed by atoms with van der Waals surface area (Å²) in [4.78, 5) is 31.0. The molecule has 318 valence electrons. The average Bonchev–Trinajstić information content (AvgIpc) is 3.14. The minimum absolute atomic E-state index is 0. The fourth-order valence-corrected chi connectivity index (χ4v) is 16.8. The zero-order valence-electron chi connectivity index (χ0n) is 37.1. The van der Waals surface area contributed by atoms with Crippen molar-refractivity contribution in [2.75, 3.05) is 12.3 Å². The number of carbonyl (C=O) groups excluding carboxylic acids is 4. The van der Waals surface area contributed by atoms with Gasteiger partial charge in [0.2, 0.25) is 0 Å². The molecule has 0 unspecified atom stereocenters. The van der Waals surface area contributed by atoms with E-state index in [1.807, 2.05) is 0 Å². The molecule has 0 radical (unpaired) electrons. The van der Waals surface area contributed by atoms with E-state index < -0.39 is 15.8 Å². The Labute approximate surface area is 370 Å². The Bertz CT molecular complexity index is 1050. The van der Waals surface area contributed by atoms with Crippen LogP contribution >= 0.6 is 31.7 Å². The van der Waals surface area contributed by atoms with E-state index in [9.17, 15) is 0 Å². The number of hydrogen-bond donors (Lipinski definition) is 0. The van der Waals surface area contributed by atoms with Gasteiger partial charge in [0.15, 0.2) is 0 Å². The van der Waals surface area contributed by atoms with E-state index in [-0.39, 0.29) is 50.0 Å². The summed E-state index contributed by atoms with van der Waals surface area (Å²) < 4.78 is 0. The topological polar surface area (TPSA) is 144 Å². The van der Waals surface area contributed by atoms with Gasteiger partial charge in [-0.15, -0.1) is 22.8 Å². The van der Waals surface area contributed by atoms with Crippen molar-refractivity contribution in [3.63, 3.8) is 0 Å². The molecule has 0 spiro atoms. The molecule has 0 aliphatic carbocycles. The van der Waals surface area contributed by atoms with E-state index in [4.69, 9.17) is 40.6 Å². The van der Waals surface area contributed by atoms with Crippen molar-refractivity contribution in [1.29, 1.82) is 10.8 Å². The van der Waals surface area contributed by atoms with Crippen LogP contribution in [0.1, 0.15) is 111 Å². The van der Waals surface area contributed by atoms with E-state index in [0.29, 0.717) is 0 Å². The monoisotopic (exact) mass is 934 g/mol. The third kappa shape index (κ3) is 31.8. The Kier molecular flexibility index (Phi) is 54.0. The van der Waals surface area contributed by atoms with Crippen LogP contribution in [0.4, 0.5) is 0 Å². The normalized spacial score (nSPS) is 14.1. The van der Waals surface area contributed by atoms with Gasteiger partial charge >= 0.3 is 34.1 Å². The van der Waals surface area contributed by atoms with Gasteiger partial charge in [-0.2, -0.15) is 0 Å². The molecule has 14 heteroatoms. The predicted octanol–water partition coefficient (Wildman–Crippen LogP) is 12.4. The van der Waals surface area contributed by atoms with Crippen LogP contribution in [-0.4, -0.2) is 84.8 Å². The fourth-order valence-electron chi connectivity index (χ4n) is 6.26. The quantitative estimate of drug-likeness (QED) is 0.0558. The molecule has 8 nitrogen and oxygen atoms in total. The predicted molar refractivity (Wildman–Crippen MR) is 252 cm³/mol. The average molecular weight is 935 g/mol. The first-order chi connectivity index (χ1) is 25.4. The van der Waals surface area contributed by atoms with E-state index >= 15 is 0 Å². The molecule has 0 N–H and O–H groups in total. The number of allylic oxidation sites excluding steroid dienone is 8. The molecule has 0 fully saturated rings. The molecule has 0 amide bonds. The first-order valence-corrected chi connectivity index (χ1v) is 25.8. The van der Waals surface area contributed by atoms with E-state index in [2.05, 4.69) is 186 Å². The van der Waals surface area contributed by atoms with Crippen LogP contribution in [-0.2, 0) is 53.3 Å². The second-order valence-electron chi connectivity index (χ2n) is 15.1. The van der Waals surface area contributed by atoms with Crippen LogP contribution in [0.15, 0.2) is 70.9 Å². The Morgan fingerprint density at radius 3 is 0.857 bits per heavy atom. The Hall–Kier alpha value is -1.10. The van der Waals surface area contributed by atoms with Crippen LogP contribution in [0.5, 0.6) is 0 Å². The largest absolute Gasteiger partial charge is 3.00 e. The van der Waals surface area contributed by atoms with Gasteiger partial charge in [-0.05, 0) is 111 Å². The molecule has 0 aromatic carbocycles. The number of hydrogen-bond acceptors (Lipinski definition) is 6. The van der Waals surface area contributed by atoms with E-state index in [1.54, 1.807) is 0 Å². The van der Waals surface area contributed by atoms with Crippen LogP contribution < -0.4 is 0 Å². The summed E-state index contributed by atoms with van der Waals surface area (Å²) in [5.41, 5.74) is 11.3. The van der Waals surface area contributed by atoms with Gasteiger partial charge in [0.25, 0.3) is 0 Å². The third-order valence-electron chi connectivity index (χ3n) is 8.69. The maximum Gasteiger partial charge on any atom is 3.00 e. The van der Waals surface area contributed by atoms with Crippen molar-refractivity contribution < 1.29 is 53.3 Å². The van der Waals surface area contributed by atoms with Gasteiger partial charge in [-0.3, -0.25) is 27.2 Å². The summed E-state index contributed by atoms with van der Waals surface area (Å²) in [7, 11) is -1.73. The standard InChI is InChI=1S/2C19H34NP2.4CHO.2Mn.N2/c2*1-14(2)21(15(3)4)12-18-10-9-11-19(20-18)13-22(16(5)6)17(7)8;4*1-2;;;1-2/h2*9-12,14-17H,13H2,1-8H3;4*1H;;;/q6*-1;2*+3;/p+4. The van der Waals surface area contributed by atoms with Crippen molar-refractivity contribution in [1.82, 2.24) is 0 Å². The summed E-state index contributed by atoms with van der Waals surface area (Å²) in [6.45, 7) is 50.9. The van der Waals surface area contributed by atoms with E-state index in [1.165, 1.54) is 35.1 Å². The molecule has 0 aromatic heterocycles. The third-order valence-corrected chi connectivity index (χ3v) is 22.8. The molecule has 56 heavy (non-hydrogen) atoms. The van der Waals surface area contributed by atoms with Crippen molar-refractivity contribution in [2.45, 2.75) is 156 Å². The Balaban J connectivity index is -0.000000136. The second kappa shape index (κ2) is 43.5. The van der Waals surface area contributed by atoms with E-state index in [0.717, 1.165) is 45.3 Å². The van der Waals surface area contributed by atoms with Gasteiger partial charge in [-0.1, -0.05) is 36.5 Å². The molecule has 2 heterocycles. The van der Waals surface area contributed by atoms with Crippen molar-refractivity contribution >= 4 is 58.8 Å². The van der Waals surface area contributed by atoms with Gasteiger partial charge in [0.05, 0.1) is 57.6 Å². The summed E-state index contributed by atoms with van der Waals surface area (Å²) in [6, 6.07) is 0. The van der Waals surface area contributed by atoms with Crippen molar-refractivity contribution in [2.24, 2.45) is 0 Å². The van der Waals surface area contributed by atoms with Crippen molar-refractivity contribution in [3.05, 3.63) is 81.5 Å². The zero-order chi connectivity index (χ0) is 43.7. The van der Waals surface area contributed by atoms with Crippen LogP contribution in [0.3, 0.4) is 0 Å². The number of rotatable bonds is 14. The molecule has 0 aromatic rings. The summed E-state index contributed by atoms with van der Waals surface area (Å²) in [5.74, 6) is 4.97. The van der Waals surface area contributed by atoms with Gasteiger partial charge < -0.3 is 29.8 Å². The Morgan fingerprint density at radius 2 is 0.679 bits per heavy atom. The maximum atomic E-state index is 7.75. The SMILES string of the molecule is CC(C)[PH+](C=C1C=CC=C(C[PH+](C(C)C)C(C)C)[N-]1)C(C)C.CC(C)[PH+](C=C1C=CC=C(C[PH+](C(C)C)C(C)C)[N-]1)C(C)C.N#N.[CH-]=O.[CH-]=O.[CH-]=O.[CH-]=O.[Mn+3].[Mn+3]. The molecule has 2 aliphatic rings. The van der Waals surface area contributed by atoms with Gasteiger partial charge in [0, 0.05) is 54.1 Å². The minimum atomic E-state index is -0.487. The maximum absolute atomic E-state index is 7.75. The molecule has 0 bridgehead atoms. The van der Waals surface area contributed by atoms with Crippen molar-refractivity contribution in [3.8, 4) is 0 Å². The summed E-state index contributed by atoms with van der Waals surface area (Å²) in [6.07, 6.45) is 15.6. The fraction of sp³-hybridized carbons (Fsp3) is 0.619. The first-order valence-electron chi connectivity index (χ1n) is 18.6. The molecule has 0 saturated heterocycles. The summed E-state index contributed by atoms with van der Waals surface area (Å²) >= 11 is 0. The summed E-state index contributed by atoms with van der Waals surface area (Å²) in [5, 5.41) is 22.0. The smallest absolute Gasteiger partial charge is 0.656 e. The molecule has 0 atom stereocenters. The molecular formula is C42H76Mn2N4O4P4+4. The molecule has 2 rings (SSSR count). The van der Waals surface area contributed by atoms with Gasteiger partial charge in [0.1, 0.15) is 0 Å². The van der Waals surface area contributed by atoms with Gasteiger partial charge in [-0.25, -0.2) is 0 Å².